The van der Waals surface area contributed by atoms with E-state index in [-0.39, 0.29) is 0 Å². The van der Waals surface area contributed by atoms with Gasteiger partial charge in [0.2, 0.25) is 0 Å². The second-order valence-electron chi connectivity index (χ2n) is 3.02. The lowest BCUT2D eigenvalue weighted by Crippen LogP contribution is -2.20. The molecule has 15 heavy (non-hydrogen) atoms. The van der Waals surface area contributed by atoms with Crippen LogP contribution in [0.25, 0.3) is 0 Å². The van der Waals surface area contributed by atoms with Gasteiger partial charge in [-0.25, -0.2) is 0 Å². The summed E-state index contributed by atoms with van der Waals surface area (Å²) in [6.45, 7) is 3.53. The Morgan fingerprint density at radius 1 is 1.60 bits per heavy atom. The normalized spacial score (nSPS) is 12.7. The Hall–Kier alpha value is -0.390. The average molecular weight is 247 g/mol. The summed E-state index contributed by atoms with van der Waals surface area (Å²) in [4.78, 5) is 1.19. The number of ether oxygens (including phenoxy) is 1. The van der Waals surface area contributed by atoms with E-state index in [9.17, 15) is 4.21 Å². The highest BCUT2D eigenvalue weighted by Gasteiger charge is 2.03. The fourth-order valence-corrected chi connectivity index (χ4v) is 2.64. The summed E-state index contributed by atoms with van der Waals surface area (Å²) >= 11 is 1.68. The molecule has 0 bridgehead atoms. The lowest BCUT2D eigenvalue weighted by Gasteiger charge is -2.04. The lowest BCUT2D eigenvalue weighted by molar-refractivity contribution is 0.411. The molecular formula is C10H17NO2S2. The van der Waals surface area contributed by atoms with E-state index in [1.165, 1.54) is 4.88 Å². The monoisotopic (exact) mass is 247 g/mol. The van der Waals surface area contributed by atoms with Crippen molar-refractivity contribution < 1.29 is 8.95 Å². The fourth-order valence-electron chi connectivity index (χ4n) is 1.17. The summed E-state index contributed by atoms with van der Waals surface area (Å²) < 4.78 is 16.3. The summed E-state index contributed by atoms with van der Waals surface area (Å²) in [7, 11) is 1.01. The first-order chi connectivity index (χ1) is 7.27. The van der Waals surface area contributed by atoms with Crippen molar-refractivity contribution in [1.29, 1.82) is 0 Å². The summed E-state index contributed by atoms with van der Waals surface area (Å²) in [6, 6.07) is 1.96. The van der Waals surface area contributed by atoms with Gasteiger partial charge in [0.1, 0.15) is 5.75 Å². The maximum atomic E-state index is 11.1. The van der Waals surface area contributed by atoms with E-state index in [2.05, 4.69) is 5.32 Å². The van der Waals surface area contributed by atoms with Crippen molar-refractivity contribution in [3.63, 3.8) is 0 Å². The van der Waals surface area contributed by atoms with Crippen molar-refractivity contribution in [1.82, 2.24) is 5.32 Å². The first-order valence-electron chi connectivity index (χ1n) is 4.94. The van der Waals surface area contributed by atoms with Gasteiger partial charge in [0, 0.05) is 35.4 Å². The van der Waals surface area contributed by atoms with Gasteiger partial charge in [-0.05, 0) is 11.4 Å². The van der Waals surface area contributed by atoms with E-state index in [1.54, 1.807) is 18.4 Å². The molecule has 86 valence electrons. The maximum Gasteiger partial charge on any atom is 0.134 e. The Morgan fingerprint density at radius 2 is 2.40 bits per heavy atom. The molecule has 1 N–H and O–H groups in total. The zero-order valence-corrected chi connectivity index (χ0v) is 10.7. The van der Waals surface area contributed by atoms with Crippen LogP contribution in [0.1, 0.15) is 11.8 Å². The number of hydrogen-bond donors (Lipinski definition) is 1. The van der Waals surface area contributed by atoms with Crippen LogP contribution in [0.5, 0.6) is 5.75 Å². The summed E-state index contributed by atoms with van der Waals surface area (Å²) in [5.41, 5.74) is 0. The van der Waals surface area contributed by atoms with E-state index in [1.807, 2.05) is 18.4 Å². The van der Waals surface area contributed by atoms with Gasteiger partial charge in [0.25, 0.3) is 0 Å². The van der Waals surface area contributed by atoms with Gasteiger partial charge in [0.15, 0.2) is 0 Å². The first-order valence-corrected chi connectivity index (χ1v) is 7.30. The van der Waals surface area contributed by atoms with Crippen molar-refractivity contribution in [3.8, 4) is 5.75 Å². The molecule has 0 aliphatic heterocycles. The van der Waals surface area contributed by atoms with E-state index < -0.39 is 10.8 Å². The second-order valence-corrected chi connectivity index (χ2v) is 5.89. The van der Waals surface area contributed by atoms with Gasteiger partial charge in [-0.2, -0.15) is 0 Å². The van der Waals surface area contributed by atoms with Crippen molar-refractivity contribution in [2.45, 2.75) is 13.5 Å². The molecule has 0 saturated carbocycles. The summed E-state index contributed by atoms with van der Waals surface area (Å²) in [6.07, 6.45) is 0. The Morgan fingerprint density at radius 3 is 3.07 bits per heavy atom. The highest BCUT2D eigenvalue weighted by atomic mass is 32.2. The molecule has 1 aromatic rings. The average Bonchev–Trinajstić information content (AvgIpc) is 2.71. The third-order valence-corrected chi connectivity index (χ3v) is 4.24. The van der Waals surface area contributed by atoms with Crippen LogP contribution in [0.2, 0.25) is 0 Å². The molecule has 0 amide bonds. The molecule has 1 unspecified atom stereocenters. The summed E-state index contributed by atoms with van der Waals surface area (Å²) in [5, 5.41) is 5.28. The van der Waals surface area contributed by atoms with Crippen LogP contribution < -0.4 is 10.1 Å². The SMILES string of the molecule is CCS(=O)CCNCc1sccc1OC. The first kappa shape index (κ1) is 12.7. The van der Waals surface area contributed by atoms with E-state index >= 15 is 0 Å². The Balaban J connectivity index is 2.23. The molecule has 1 aromatic heterocycles. The van der Waals surface area contributed by atoms with Crippen LogP contribution in [-0.2, 0) is 17.3 Å². The van der Waals surface area contributed by atoms with Gasteiger partial charge >= 0.3 is 0 Å². The predicted octanol–water partition coefficient (Wildman–Crippen LogP) is 1.61. The zero-order chi connectivity index (χ0) is 11.1. The van der Waals surface area contributed by atoms with Crippen LogP contribution in [0, 0.1) is 0 Å². The predicted molar refractivity (Wildman–Crippen MR) is 66.1 cm³/mol. The number of thiophene rings is 1. The number of methoxy groups -OCH3 is 1. The van der Waals surface area contributed by atoms with Crippen molar-refractivity contribution in [2.24, 2.45) is 0 Å². The Labute approximate surface area is 97.3 Å². The summed E-state index contributed by atoms with van der Waals surface area (Å²) in [5.74, 6) is 2.40. The smallest absolute Gasteiger partial charge is 0.134 e. The standard InChI is InChI=1S/C10H17NO2S2/c1-3-15(12)7-5-11-8-10-9(13-2)4-6-14-10/h4,6,11H,3,5,7-8H2,1-2H3. The minimum Gasteiger partial charge on any atom is -0.496 e. The van der Waals surface area contributed by atoms with Crippen molar-refractivity contribution >= 4 is 22.1 Å². The maximum absolute atomic E-state index is 11.1. The van der Waals surface area contributed by atoms with Gasteiger partial charge < -0.3 is 10.1 Å². The van der Waals surface area contributed by atoms with Gasteiger partial charge in [-0.1, -0.05) is 6.92 Å². The second kappa shape index (κ2) is 6.98. The third kappa shape index (κ3) is 4.32. The molecule has 1 heterocycles. The minimum atomic E-state index is -0.673. The van der Waals surface area contributed by atoms with Crippen molar-refractivity contribution in [3.05, 3.63) is 16.3 Å². The highest BCUT2D eigenvalue weighted by Crippen LogP contribution is 2.23. The molecule has 1 rings (SSSR count). The third-order valence-electron chi connectivity index (χ3n) is 2.04. The fraction of sp³-hybridized carbons (Fsp3) is 0.600. The van der Waals surface area contributed by atoms with Crippen molar-refractivity contribution in [2.75, 3.05) is 25.2 Å². The molecule has 1 atom stereocenters. The largest absolute Gasteiger partial charge is 0.496 e. The van der Waals surface area contributed by atoms with Gasteiger partial charge in [-0.3, -0.25) is 4.21 Å². The molecule has 0 aliphatic carbocycles. The molecule has 0 aromatic carbocycles. The molecule has 3 nitrogen and oxygen atoms in total. The number of rotatable bonds is 7. The lowest BCUT2D eigenvalue weighted by atomic mass is 10.4. The quantitative estimate of drug-likeness (QED) is 0.744. The zero-order valence-electron chi connectivity index (χ0n) is 9.12. The minimum absolute atomic E-state index is 0.673. The Kier molecular flexibility index (Phi) is 5.90. The van der Waals surface area contributed by atoms with Gasteiger partial charge in [-0.15, -0.1) is 11.3 Å². The topological polar surface area (TPSA) is 38.3 Å². The molecule has 0 radical (unpaired) electrons. The van der Waals surface area contributed by atoms with Crippen LogP contribution in [-0.4, -0.2) is 29.4 Å². The molecular weight excluding hydrogens is 230 g/mol. The van der Waals surface area contributed by atoms with E-state index in [0.29, 0.717) is 0 Å². The van der Waals surface area contributed by atoms with Crippen LogP contribution in [0.3, 0.4) is 0 Å². The molecule has 5 heteroatoms. The van der Waals surface area contributed by atoms with E-state index in [4.69, 9.17) is 4.74 Å². The number of nitrogens with one attached hydrogen (secondary N) is 1. The van der Waals surface area contributed by atoms with Crippen LogP contribution >= 0.6 is 11.3 Å². The molecule has 0 saturated heterocycles. The van der Waals surface area contributed by atoms with E-state index in [0.717, 1.165) is 30.3 Å². The van der Waals surface area contributed by atoms with Crippen LogP contribution in [0.15, 0.2) is 11.4 Å². The van der Waals surface area contributed by atoms with Crippen LogP contribution in [0.4, 0.5) is 0 Å². The molecule has 0 aliphatic rings. The Bertz CT molecular complexity index is 312. The van der Waals surface area contributed by atoms with Gasteiger partial charge in [0.05, 0.1) is 12.0 Å². The molecule has 0 fully saturated rings. The number of hydrogen-bond acceptors (Lipinski definition) is 4. The highest BCUT2D eigenvalue weighted by molar-refractivity contribution is 7.84. The molecule has 0 spiro atoms.